The van der Waals surface area contributed by atoms with Crippen LogP contribution in [-0.4, -0.2) is 72.9 Å². The maximum atomic E-state index is 13.5. The Hall–Kier alpha value is -2.44. The Morgan fingerprint density at radius 3 is 2.83 bits per heavy atom. The van der Waals surface area contributed by atoms with Crippen molar-refractivity contribution in [3.05, 3.63) is 52.0 Å². The van der Waals surface area contributed by atoms with Crippen LogP contribution in [0.4, 0.5) is 4.39 Å². The number of rotatable bonds is 13. The van der Waals surface area contributed by atoms with E-state index in [4.69, 9.17) is 15.9 Å². The number of carbonyl (C=O) groups is 1. The van der Waals surface area contributed by atoms with Crippen molar-refractivity contribution >= 4 is 17.2 Å². The fraction of sp³-hybridized carbons (Fsp3) is 0.519. The predicted molar refractivity (Wildman–Crippen MR) is 136 cm³/mol. The van der Waals surface area contributed by atoms with E-state index in [1.165, 1.54) is 17.0 Å². The predicted octanol–water partition coefficient (Wildman–Crippen LogP) is 3.75. The minimum absolute atomic E-state index is 0.00458. The average Bonchev–Trinajstić information content (AvgIpc) is 3.31. The fourth-order valence-electron chi connectivity index (χ4n) is 4.14. The Kier molecular flexibility index (Phi) is 10.5. The van der Waals surface area contributed by atoms with Gasteiger partial charge in [-0.25, -0.2) is 4.39 Å². The van der Waals surface area contributed by atoms with Crippen molar-refractivity contribution in [2.75, 3.05) is 46.0 Å². The second-order valence-electron chi connectivity index (χ2n) is 9.21. The van der Waals surface area contributed by atoms with Crippen LogP contribution in [0.5, 0.6) is 5.75 Å². The van der Waals surface area contributed by atoms with Crippen molar-refractivity contribution in [2.45, 2.75) is 38.8 Å². The van der Waals surface area contributed by atoms with E-state index in [1.807, 2.05) is 15.2 Å². The molecule has 0 spiro atoms. The molecule has 6 nitrogen and oxygen atoms in total. The zero-order valence-electron chi connectivity index (χ0n) is 20.5. The van der Waals surface area contributed by atoms with Crippen LogP contribution < -0.4 is 4.74 Å². The summed E-state index contributed by atoms with van der Waals surface area (Å²) in [5.41, 5.74) is 1.10. The van der Waals surface area contributed by atoms with Gasteiger partial charge in [-0.15, -0.1) is 17.8 Å². The van der Waals surface area contributed by atoms with Gasteiger partial charge in [0.1, 0.15) is 24.8 Å². The van der Waals surface area contributed by atoms with Gasteiger partial charge in [0.25, 0.3) is 0 Å². The first kappa shape index (κ1) is 27.2. The van der Waals surface area contributed by atoms with E-state index < -0.39 is 6.10 Å². The first-order valence-electron chi connectivity index (χ1n) is 12.0. The molecule has 1 aromatic carbocycles. The third-order valence-electron chi connectivity index (χ3n) is 5.98. The van der Waals surface area contributed by atoms with Crippen LogP contribution in [0.25, 0.3) is 0 Å². The van der Waals surface area contributed by atoms with Crippen LogP contribution in [0.15, 0.2) is 35.7 Å². The van der Waals surface area contributed by atoms with Crippen molar-refractivity contribution in [2.24, 2.45) is 5.92 Å². The minimum Gasteiger partial charge on any atom is -0.491 e. The normalized spacial score (nSPS) is 16.3. The molecule has 2 aromatic rings. The first-order chi connectivity index (χ1) is 16.9. The van der Waals surface area contributed by atoms with Gasteiger partial charge in [0.05, 0.1) is 25.3 Å². The monoisotopic (exact) mass is 502 g/mol. The fourth-order valence-corrected chi connectivity index (χ4v) is 5.07. The van der Waals surface area contributed by atoms with Crippen molar-refractivity contribution in [1.82, 2.24) is 9.80 Å². The summed E-state index contributed by atoms with van der Waals surface area (Å²) < 4.78 is 24.5. The number of benzene rings is 1. The van der Waals surface area contributed by atoms with Crippen LogP contribution >= 0.6 is 11.3 Å². The molecule has 0 unspecified atom stereocenters. The van der Waals surface area contributed by atoms with E-state index in [0.717, 1.165) is 18.4 Å². The lowest BCUT2D eigenvalue weighted by Crippen LogP contribution is -2.48. The van der Waals surface area contributed by atoms with Gasteiger partial charge >= 0.3 is 0 Å². The summed E-state index contributed by atoms with van der Waals surface area (Å²) >= 11 is 1.70. The summed E-state index contributed by atoms with van der Waals surface area (Å²) in [6.07, 6.45) is 6.20. The number of amides is 1. The second-order valence-corrected chi connectivity index (χ2v) is 10.2. The number of carbonyl (C=O) groups excluding carboxylic acids is 1. The second kappa shape index (κ2) is 13.6. The number of hydrogen-bond acceptors (Lipinski definition) is 6. The number of thiophene rings is 1. The first-order valence-corrected chi connectivity index (χ1v) is 12.9. The molecule has 2 atom stereocenters. The quantitative estimate of drug-likeness (QED) is 0.334. The van der Waals surface area contributed by atoms with E-state index in [1.54, 1.807) is 23.5 Å². The molecule has 35 heavy (non-hydrogen) atoms. The molecule has 8 heteroatoms. The molecule has 3 rings (SSSR count). The molecule has 190 valence electrons. The Labute approximate surface area is 211 Å². The van der Waals surface area contributed by atoms with E-state index >= 15 is 0 Å². The molecule has 0 bridgehead atoms. The summed E-state index contributed by atoms with van der Waals surface area (Å²) in [5, 5.41) is 12.5. The lowest BCUT2D eigenvalue weighted by Gasteiger charge is -2.37. The number of aliphatic hydroxyl groups excluding tert-OH is 1. The number of aliphatic hydroxyl groups is 1. The van der Waals surface area contributed by atoms with Gasteiger partial charge in [-0.2, -0.15) is 0 Å². The highest BCUT2D eigenvalue weighted by atomic mass is 32.1. The summed E-state index contributed by atoms with van der Waals surface area (Å²) in [5.74, 6) is 3.11. The molecule has 1 aromatic heterocycles. The third-order valence-corrected chi connectivity index (χ3v) is 6.98. The zero-order chi connectivity index (χ0) is 25.2. The van der Waals surface area contributed by atoms with Gasteiger partial charge in [-0.05, 0) is 66.6 Å². The maximum Gasteiger partial charge on any atom is 0.237 e. The molecule has 0 saturated heterocycles. The Morgan fingerprint density at radius 2 is 2.11 bits per heavy atom. The van der Waals surface area contributed by atoms with Crippen molar-refractivity contribution < 1.29 is 23.8 Å². The Bertz CT molecular complexity index is 972. The number of hydrogen-bond donors (Lipinski definition) is 1. The number of fused-ring (bicyclic) bond motifs is 1. The number of nitrogens with zero attached hydrogens (tertiary/aromatic N) is 2. The highest BCUT2D eigenvalue weighted by molar-refractivity contribution is 7.10. The van der Waals surface area contributed by atoms with Crippen LogP contribution in [0.1, 0.15) is 36.8 Å². The lowest BCUT2D eigenvalue weighted by molar-refractivity contribution is -0.136. The molecule has 0 saturated carbocycles. The van der Waals surface area contributed by atoms with Gasteiger partial charge in [0, 0.05) is 18.0 Å². The molecular weight excluding hydrogens is 467 g/mol. The molecular formula is C27H35FN2O4S. The Morgan fingerprint density at radius 1 is 1.34 bits per heavy atom. The smallest absolute Gasteiger partial charge is 0.237 e. The van der Waals surface area contributed by atoms with Gasteiger partial charge in [-0.1, -0.05) is 19.8 Å². The molecule has 1 aliphatic rings. The molecule has 2 heterocycles. The van der Waals surface area contributed by atoms with Crippen molar-refractivity contribution in [1.29, 1.82) is 0 Å². The topological polar surface area (TPSA) is 62.2 Å². The van der Waals surface area contributed by atoms with Gasteiger partial charge in [0.2, 0.25) is 5.91 Å². The third kappa shape index (κ3) is 8.32. The van der Waals surface area contributed by atoms with E-state index in [-0.39, 0.29) is 44.1 Å². The van der Waals surface area contributed by atoms with Gasteiger partial charge in [-0.3, -0.25) is 9.69 Å². The SMILES string of the molecule is C#CCOC[C@H](O)CN(CCC(C)C)CC(=O)N1CCc2sccc2[C@H]1COc1ccc(F)cc1. The number of halogens is 1. The molecule has 0 fully saturated rings. The number of terminal acetylenes is 1. The summed E-state index contributed by atoms with van der Waals surface area (Å²) in [4.78, 5) is 18.7. The lowest BCUT2D eigenvalue weighted by atomic mass is 10.00. The molecule has 1 aliphatic heterocycles. The minimum atomic E-state index is -0.731. The van der Waals surface area contributed by atoms with Crippen LogP contribution in [0, 0.1) is 24.1 Å². The molecule has 0 aliphatic carbocycles. The Balaban J connectivity index is 1.68. The largest absolute Gasteiger partial charge is 0.491 e. The van der Waals surface area contributed by atoms with Gasteiger partial charge < -0.3 is 19.5 Å². The average molecular weight is 503 g/mol. The summed E-state index contributed by atoms with van der Waals surface area (Å²) in [6, 6.07) is 7.74. The van der Waals surface area contributed by atoms with E-state index in [9.17, 15) is 14.3 Å². The molecule has 1 amide bonds. The number of ether oxygens (including phenoxy) is 2. The summed E-state index contributed by atoms with van der Waals surface area (Å²) in [7, 11) is 0. The summed E-state index contributed by atoms with van der Waals surface area (Å²) in [6.45, 7) is 6.68. The molecule has 0 radical (unpaired) electrons. The van der Waals surface area contributed by atoms with E-state index in [2.05, 4.69) is 25.8 Å². The van der Waals surface area contributed by atoms with Crippen molar-refractivity contribution in [3.63, 3.8) is 0 Å². The molecule has 1 N–H and O–H groups in total. The van der Waals surface area contributed by atoms with Crippen LogP contribution in [0.3, 0.4) is 0 Å². The van der Waals surface area contributed by atoms with Crippen LogP contribution in [-0.2, 0) is 16.0 Å². The van der Waals surface area contributed by atoms with Crippen LogP contribution in [0.2, 0.25) is 0 Å². The highest BCUT2D eigenvalue weighted by Crippen LogP contribution is 2.34. The van der Waals surface area contributed by atoms with Gasteiger partial charge in [0.15, 0.2) is 0 Å². The maximum absolute atomic E-state index is 13.5. The zero-order valence-corrected chi connectivity index (χ0v) is 21.3. The van der Waals surface area contributed by atoms with E-state index in [0.29, 0.717) is 31.3 Å². The van der Waals surface area contributed by atoms with Crippen molar-refractivity contribution in [3.8, 4) is 18.1 Å². The standard InChI is InChI=1S/C27H35FN2O4S/c1-4-14-33-18-22(31)16-29(12-9-20(2)3)17-27(32)30-13-10-26-24(11-15-35-26)25(30)19-34-23-7-5-21(28)6-8-23/h1,5-8,11,15,20,22,25,31H,9-10,12-14,16-19H2,2-3H3/t22-,25-/m1/s1. The highest BCUT2D eigenvalue weighted by Gasteiger charge is 2.33.